The van der Waals surface area contributed by atoms with Crippen LogP contribution in [0.25, 0.3) is 0 Å². The van der Waals surface area contributed by atoms with Crippen molar-refractivity contribution in [1.29, 1.82) is 0 Å². The molecule has 4 atom stereocenters. The summed E-state index contributed by atoms with van der Waals surface area (Å²) in [5, 5.41) is 24.9. The Morgan fingerprint density at radius 2 is 1.32 bits per heavy atom. The second kappa shape index (κ2) is 15.7. The van der Waals surface area contributed by atoms with Gasteiger partial charge in [-0.15, -0.1) is 0 Å². The summed E-state index contributed by atoms with van der Waals surface area (Å²) in [5.74, 6) is -3.54. The van der Waals surface area contributed by atoms with Crippen molar-refractivity contribution in [1.82, 2.24) is 16.0 Å². The van der Waals surface area contributed by atoms with E-state index in [9.17, 15) is 24.0 Å². The number of carboxylic acid groups (broad SMARTS) is 1. The smallest absolute Gasteiger partial charge is 0.328 e. The number of nitrogens with two attached hydrogens (primary N) is 2. The van der Waals surface area contributed by atoms with Crippen LogP contribution in [0.15, 0.2) is 0 Å². The lowest BCUT2D eigenvalue weighted by Crippen LogP contribution is -2.58. The number of carbonyl (C=O) groups is 5. The minimum atomic E-state index is -1.62. The summed E-state index contributed by atoms with van der Waals surface area (Å²) in [6.07, 6.45) is 3.72. The highest BCUT2D eigenvalue weighted by Crippen LogP contribution is 2.05. The van der Waals surface area contributed by atoms with Crippen LogP contribution in [0.5, 0.6) is 0 Å². The second-order valence-electron chi connectivity index (χ2n) is 6.54. The maximum atomic E-state index is 12.7. The van der Waals surface area contributed by atoms with Crippen molar-refractivity contribution in [3.05, 3.63) is 0 Å². The lowest BCUT2D eigenvalue weighted by Gasteiger charge is -2.24. The van der Waals surface area contributed by atoms with Gasteiger partial charge in [-0.05, 0) is 36.9 Å². The first-order valence-electron chi connectivity index (χ1n) is 9.33. The molecule has 0 aromatic carbocycles. The Bertz CT molecular complexity index is 638. The molecule has 4 unspecified atom stereocenters. The number of thioether (sulfide) groups is 2. The van der Waals surface area contributed by atoms with E-state index in [1.807, 2.05) is 17.8 Å². The molecule has 0 fully saturated rings. The number of hydrogen-bond donors (Lipinski definition) is 7. The molecule has 0 aromatic heterocycles. The predicted molar refractivity (Wildman–Crippen MR) is 118 cm³/mol. The summed E-state index contributed by atoms with van der Waals surface area (Å²) in [4.78, 5) is 59.7. The Labute approximate surface area is 189 Å². The molecule has 31 heavy (non-hydrogen) atoms. The monoisotopic (exact) mass is 481 g/mol. The number of carbonyl (C=O) groups excluding carboxylic acids is 4. The van der Waals surface area contributed by atoms with Gasteiger partial charge in [0.05, 0.1) is 19.1 Å². The number of aliphatic hydroxyl groups excluding tert-OH is 1. The Morgan fingerprint density at radius 1 is 0.839 bits per heavy atom. The average molecular weight is 482 g/mol. The second-order valence-corrected chi connectivity index (χ2v) is 8.52. The topological polar surface area (TPSA) is 214 Å². The number of hydrogen-bond acceptors (Lipinski definition) is 9. The third-order valence-electron chi connectivity index (χ3n) is 4.05. The van der Waals surface area contributed by atoms with Crippen molar-refractivity contribution in [3.63, 3.8) is 0 Å². The molecule has 0 saturated carbocycles. The number of primary amides is 1. The third-order valence-corrected chi connectivity index (χ3v) is 5.34. The van der Waals surface area contributed by atoms with E-state index in [1.54, 1.807) is 0 Å². The van der Waals surface area contributed by atoms with Gasteiger partial charge in [0.15, 0.2) is 0 Å². The maximum absolute atomic E-state index is 12.7. The Morgan fingerprint density at radius 3 is 1.81 bits per heavy atom. The van der Waals surface area contributed by atoms with Gasteiger partial charge in [0.2, 0.25) is 23.6 Å². The number of aliphatic carboxylic acids is 1. The third kappa shape index (κ3) is 11.8. The minimum Gasteiger partial charge on any atom is -0.480 e. The van der Waals surface area contributed by atoms with Crippen molar-refractivity contribution in [2.24, 2.45) is 11.5 Å². The molecule has 0 aliphatic rings. The van der Waals surface area contributed by atoms with E-state index in [-0.39, 0.29) is 6.42 Å². The van der Waals surface area contributed by atoms with E-state index in [4.69, 9.17) is 21.7 Å². The maximum Gasteiger partial charge on any atom is 0.328 e. The number of nitrogens with one attached hydrogen (secondary N) is 3. The fraction of sp³-hybridized carbons (Fsp3) is 0.706. The zero-order valence-corrected chi connectivity index (χ0v) is 19.1. The van der Waals surface area contributed by atoms with Gasteiger partial charge in [-0.2, -0.15) is 23.5 Å². The molecule has 0 saturated heterocycles. The van der Waals surface area contributed by atoms with Gasteiger partial charge >= 0.3 is 5.97 Å². The summed E-state index contributed by atoms with van der Waals surface area (Å²) >= 11 is 2.96. The highest BCUT2D eigenvalue weighted by molar-refractivity contribution is 7.98. The molecule has 0 spiro atoms. The lowest BCUT2D eigenvalue weighted by molar-refractivity contribution is -0.143. The van der Waals surface area contributed by atoms with E-state index in [0.717, 1.165) is 0 Å². The van der Waals surface area contributed by atoms with Crippen LogP contribution in [0, 0.1) is 0 Å². The van der Waals surface area contributed by atoms with Crippen LogP contribution in [0.4, 0.5) is 0 Å². The average Bonchev–Trinajstić information content (AvgIpc) is 2.71. The largest absolute Gasteiger partial charge is 0.480 e. The molecular formula is C17H31N5O7S2. The van der Waals surface area contributed by atoms with Crippen LogP contribution in [-0.2, 0) is 24.0 Å². The molecule has 0 aliphatic heterocycles. The minimum absolute atomic E-state index is 0.229. The quantitative estimate of drug-likeness (QED) is 0.120. The van der Waals surface area contributed by atoms with E-state index < -0.39 is 66.8 Å². The van der Waals surface area contributed by atoms with Gasteiger partial charge in [-0.3, -0.25) is 19.2 Å². The van der Waals surface area contributed by atoms with Crippen LogP contribution < -0.4 is 27.4 Å². The summed E-state index contributed by atoms with van der Waals surface area (Å²) in [6, 6.07) is -4.96. The SMILES string of the molecule is CSCCC(N)C(=O)NC(CCSC)C(=O)NC(CC(N)=O)C(=O)NC(CO)C(=O)O. The molecule has 178 valence electrons. The fourth-order valence-electron chi connectivity index (χ4n) is 2.30. The van der Waals surface area contributed by atoms with Crippen molar-refractivity contribution in [2.75, 3.05) is 30.6 Å². The summed E-state index contributed by atoms with van der Waals surface area (Å²) < 4.78 is 0. The van der Waals surface area contributed by atoms with Crippen LogP contribution in [0.1, 0.15) is 19.3 Å². The van der Waals surface area contributed by atoms with E-state index in [2.05, 4.69) is 10.6 Å². The van der Waals surface area contributed by atoms with Crippen molar-refractivity contribution >= 4 is 53.1 Å². The molecule has 0 radical (unpaired) electrons. The van der Waals surface area contributed by atoms with Gasteiger partial charge < -0.3 is 37.6 Å². The summed E-state index contributed by atoms with van der Waals surface area (Å²) in [5.41, 5.74) is 11.0. The predicted octanol–water partition coefficient (Wildman–Crippen LogP) is -2.77. The van der Waals surface area contributed by atoms with Crippen LogP contribution in [0.3, 0.4) is 0 Å². The summed E-state index contributed by atoms with van der Waals surface area (Å²) in [6.45, 7) is -0.890. The number of amides is 4. The van der Waals surface area contributed by atoms with Crippen molar-refractivity contribution in [3.8, 4) is 0 Å². The Kier molecular flexibility index (Phi) is 14.7. The molecule has 0 rings (SSSR count). The van der Waals surface area contributed by atoms with Crippen molar-refractivity contribution in [2.45, 2.75) is 43.4 Å². The zero-order chi connectivity index (χ0) is 24.0. The van der Waals surface area contributed by atoms with Gasteiger partial charge in [0.25, 0.3) is 0 Å². The van der Waals surface area contributed by atoms with Crippen molar-refractivity contribution < 1.29 is 34.2 Å². The van der Waals surface area contributed by atoms with Gasteiger partial charge in [-0.25, -0.2) is 4.79 Å². The fourth-order valence-corrected chi connectivity index (χ4v) is 3.26. The molecule has 0 aromatic rings. The first kappa shape index (κ1) is 29.0. The highest BCUT2D eigenvalue weighted by atomic mass is 32.2. The van der Waals surface area contributed by atoms with Gasteiger partial charge in [-0.1, -0.05) is 0 Å². The molecule has 0 aliphatic carbocycles. The van der Waals surface area contributed by atoms with Crippen LogP contribution in [-0.4, -0.2) is 94.6 Å². The highest BCUT2D eigenvalue weighted by Gasteiger charge is 2.30. The van der Waals surface area contributed by atoms with Gasteiger partial charge in [0.1, 0.15) is 18.1 Å². The molecule has 14 heteroatoms. The Balaban J connectivity index is 5.33. The normalized spacial score (nSPS) is 14.6. The molecule has 12 nitrogen and oxygen atoms in total. The molecule has 4 amide bonds. The molecule has 0 bridgehead atoms. The van der Waals surface area contributed by atoms with Gasteiger partial charge in [0, 0.05) is 0 Å². The first-order chi connectivity index (χ1) is 14.6. The number of aliphatic hydroxyl groups is 1. The lowest BCUT2D eigenvalue weighted by atomic mass is 10.1. The molecule has 9 N–H and O–H groups in total. The summed E-state index contributed by atoms with van der Waals surface area (Å²) in [7, 11) is 0. The Hall–Kier alpha value is -2.03. The van der Waals surface area contributed by atoms with E-state index in [1.165, 1.54) is 23.5 Å². The standard InChI is InChI=1S/C17H31N5O7S2/c1-30-5-3-9(18)14(25)20-10(4-6-31-2)15(26)21-11(7-13(19)24)16(27)22-12(8-23)17(28)29/h9-12,23H,3-8,18H2,1-2H3,(H2,19,24)(H,20,25)(H,21,26)(H,22,27)(H,28,29). The first-order valence-corrected chi connectivity index (χ1v) is 12.1. The zero-order valence-electron chi connectivity index (χ0n) is 17.5. The van der Waals surface area contributed by atoms with E-state index in [0.29, 0.717) is 17.9 Å². The number of rotatable bonds is 16. The van der Waals surface area contributed by atoms with E-state index >= 15 is 0 Å². The molecular weight excluding hydrogens is 450 g/mol. The number of carboxylic acids is 1. The van der Waals surface area contributed by atoms with Crippen LogP contribution >= 0.6 is 23.5 Å². The molecule has 0 heterocycles. The van der Waals surface area contributed by atoms with Crippen LogP contribution in [0.2, 0.25) is 0 Å².